The minimum absolute atomic E-state index is 0.0600. The van der Waals surface area contributed by atoms with Gasteiger partial charge in [0.2, 0.25) is 17.9 Å². The number of aliphatic carboxylic acids is 1. The lowest BCUT2D eigenvalue weighted by atomic mass is 9.71. The third-order valence-electron chi connectivity index (χ3n) is 9.57. The Bertz CT molecular complexity index is 1820. The van der Waals surface area contributed by atoms with E-state index in [1.807, 2.05) is 30.9 Å². The molecule has 14 heteroatoms. The number of aromatic nitrogens is 4. The van der Waals surface area contributed by atoms with E-state index in [0.717, 1.165) is 17.5 Å². The van der Waals surface area contributed by atoms with Crippen LogP contribution in [0.25, 0.3) is 16.8 Å². The molecule has 0 saturated carbocycles. The zero-order chi connectivity index (χ0) is 34.4. The number of hydrogen-bond donors (Lipinski definition) is 3. The van der Waals surface area contributed by atoms with E-state index in [-0.39, 0.29) is 34.5 Å². The average molecular weight is 684 g/mol. The third kappa shape index (κ3) is 6.66. The molecular formula is C34H37ClF3N7O3. The van der Waals surface area contributed by atoms with Crippen molar-refractivity contribution in [2.45, 2.75) is 70.8 Å². The highest BCUT2D eigenvalue weighted by Gasteiger charge is 2.50. The van der Waals surface area contributed by atoms with Crippen LogP contribution in [0.1, 0.15) is 55.5 Å². The fourth-order valence-corrected chi connectivity index (χ4v) is 7.20. The van der Waals surface area contributed by atoms with Gasteiger partial charge < -0.3 is 25.8 Å². The first kappa shape index (κ1) is 33.5. The Hall–Kier alpha value is -4.36. The van der Waals surface area contributed by atoms with Gasteiger partial charge in [-0.15, -0.1) is 0 Å². The molecule has 2 unspecified atom stereocenters. The highest BCUT2D eigenvalue weighted by atomic mass is 35.5. The summed E-state index contributed by atoms with van der Waals surface area (Å²) >= 11 is 6.36. The molecule has 4 aromatic rings. The predicted molar refractivity (Wildman–Crippen MR) is 176 cm³/mol. The normalized spacial score (nSPS) is 19.9. The van der Waals surface area contributed by atoms with E-state index in [0.29, 0.717) is 54.4 Å². The first-order valence-electron chi connectivity index (χ1n) is 15.8. The number of aryl methyl sites for hydroxylation is 2. The second-order valence-electron chi connectivity index (χ2n) is 12.7. The van der Waals surface area contributed by atoms with Crippen LogP contribution in [-0.4, -0.2) is 62.2 Å². The van der Waals surface area contributed by atoms with Gasteiger partial charge in [0.25, 0.3) is 0 Å². The summed E-state index contributed by atoms with van der Waals surface area (Å²) in [5.74, 6) is -1.07. The quantitative estimate of drug-likeness (QED) is 0.186. The van der Waals surface area contributed by atoms with Crippen molar-refractivity contribution in [3.63, 3.8) is 0 Å². The van der Waals surface area contributed by atoms with Gasteiger partial charge in [0.15, 0.2) is 0 Å². The standard InChI is InChI=1S/C34H37ClF3N7O3/c1-4-27-33(18-25(40-27)31(46)47)10-13-44(14-11-33)28-17-29(42-32(39)41-28)48-30(34(36,37)38)23-8-7-22(21-6-5-19(2)24(35)15-21)16-26(23)45-12-9-20(3)43-45/h5-9,12,15-17,25,27,30,40H,4,10-11,13-14,18H2,1-3H3,(H,46,47)(H2,39,41,42)/t25?,27?,30-/m1/s1. The number of nitrogen functional groups attached to an aromatic ring is 1. The number of nitrogens with zero attached hydrogens (tertiary/aromatic N) is 5. The number of piperidine rings is 1. The maximum Gasteiger partial charge on any atom is 0.429 e. The van der Waals surface area contributed by atoms with Crippen LogP contribution < -0.4 is 20.7 Å². The summed E-state index contributed by atoms with van der Waals surface area (Å²) < 4.78 is 51.7. The zero-order valence-corrected chi connectivity index (χ0v) is 27.5. The van der Waals surface area contributed by atoms with Crippen LogP contribution in [0.3, 0.4) is 0 Å². The molecule has 10 nitrogen and oxygen atoms in total. The Morgan fingerprint density at radius 1 is 1.12 bits per heavy atom. The second-order valence-corrected chi connectivity index (χ2v) is 13.1. The highest BCUT2D eigenvalue weighted by molar-refractivity contribution is 6.31. The minimum Gasteiger partial charge on any atom is -0.480 e. The lowest BCUT2D eigenvalue weighted by Crippen LogP contribution is -2.46. The number of anilines is 2. The molecule has 0 aliphatic carbocycles. The average Bonchev–Trinajstić information content (AvgIpc) is 3.64. The number of alkyl halides is 3. The van der Waals surface area contributed by atoms with Crippen LogP contribution >= 0.6 is 11.6 Å². The van der Waals surface area contributed by atoms with Gasteiger partial charge in [0.05, 0.1) is 11.4 Å². The summed E-state index contributed by atoms with van der Waals surface area (Å²) in [5.41, 5.74) is 8.74. The van der Waals surface area contributed by atoms with Crippen LogP contribution in [0.2, 0.25) is 5.02 Å². The number of rotatable bonds is 8. The summed E-state index contributed by atoms with van der Waals surface area (Å²) in [5, 5.41) is 17.8. The molecular weight excluding hydrogens is 647 g/mol. The molecule has 2 aliphatic rings. The minimum atomic E-state index is -4.84. The molecule has 4 N–H and O–H groups in total. The summed E-state index contributed by atoms with van der Waals surface area (Å²) in [4.78, 5) is 22.0. The lowest BCUT2D eigenvalue weighted by molar-refractivity contribution is -0.198. The molecule has 0 amide bonds. The summed E-state index contributed by atoms with van der Waals surface area (Å²) in [7, 11) is 0. The van der Waals surface area contributed by atoms with Crippen LogP contribution in [0, 0.1) is 19.3 Å². The third-order valence-corrected chi connectivity index (χ3v) is 9.98. The number of nitrogens with two attached hydrogens (primary N) is 1. The Labute approximate surface area is 281 Å². The van der Waals surface area contributed by atoms with Gasteiger partial charge in [-0.25, -0.2) is 4.68 Å². The molecule has 4 heterocycles. The predicted octanol–water partition coefficient (Wildman–Crippen LogP) is 6.68. The fourth-order valence-electron chi connectivity index (χ4n) is 7.02. The summed E-state index contributed by atoms with van der Waals surface area (Å²) in [6.07, 6.45) is -2.95. The Morgan fingerprint density at radius 2 is 1.83 bits per heavy atom. The van der Waals surface area contributed by atoms with Crippen molar-refractivity contribution >= 4 is 29.3 Å². The van der Waals surface area contributed by atoms with Crippen molar-refractivity contribution in [2.24, 2.45) is 5.41 Å². The van der Waals surface area contributed by atoms with E-state index in [1.54, 1.807) is 37.4 Å². The van der Waals surface area contributed by atoms with E-state index in [2.05, 4.69) is 20.4 Å². The molecule has 3 atom stereocenters. The smallest absolute Gasteiger partial charge is 0.429 e. The number of ether oxygens (including phenoxy) is 1. The van der Waals surface area contributed by atoms with Gasteiger partial charge in [-0.3, -0.25) is 4.79 Å². The van der Waals surface area contributed by atoms with Crippen molar-refractivity contribution < 1.29 is 27.8 Å². The monoisotopic (exact) mass is 683 g/mol. The summed E-state index contributed by atoms with van der Waals surface area (Å²) in [6.45, 7) is 6.71. The number of carboxylic acid groups (broad SMARTS) is 1. The number of carboxylic acids is 1. The van der Waals surface area contributed by atoms with E-state index in [9.17, 15) is 23.1 Å². The number of carbonyl (C=O) groups is 1. The second kappa shape index (κ2) is 12.9. The van der Waals surface area contributed by atoms with E-state index in [1.165, 1.54) is 16.8 Å². The molecule has 2 aromatic carbocycles. The molecule has 254 valence electrons. The number of halogens is 4. The Morgan fingerprint density at radius 3 is 2.46 bits per heavy atom. The lowest BCUT2D eigenvalue weighted by Gasteiger charge is -2.43. The largest absolute Gasteiger partial charge is 0.480 e. The van der Waals surface area contributed by atoms with Crippen LogP contribution in [0.4, 0.5) is 24.9 Å². The van der Waals surface area contributed by atoms with Crippen molar-refractivity contribution in [3.05, 3.63) is 76.6 Å². The Balaban J connectivity index is 1.31. The van der Waals surface area contributed by atoms with Gasteiger partial charge in [0, 0.05) is 42.0 Å². The van der Waals surface area contributed by atoms with Gasteiger partial charge in [-0.05, 0) is 79.8 Å². The topological polar surface area (TPSA) is 131 Å². The molecule has 0 radical (unpaired) electrons. The van der Waals surface area contributed by atoms with Crippen LogP contribution in [-0.2, 0) is 4.79 Å². The summed E-state index contributed by atoms with van der Waals surface area (Å²) in [6, 6.07) is 12.6. The Kier molecular flexibility index (Phi) is 9.03. The van der Waals surface area contributed by atoms with Crippen LogP contribution in [0.15, 0.2) is 54.7 Å². The number of hydrogen-bond acceptors (Lipinski definition) is 8. The first-order valence-corrected chi connectivity index (χ1v) is 16.2. The fraction of sp³-hybridized carbons (Fsp3) is 0.412. The van der Waals surface area contributed by atoms with Crippen LogP contribution in [0.5, 0.6) is 5.88 Å². The van der Waals surface area contributed by atoms with Crippen molar-refractivity contribution in [3.8, 4) is 22.7 Å². The molecule has 48 heavy (non-hydrogen) atoms. The highest BCUT2D eigenvalue weighted by Crippen LogP contribution is 2.46. The van der Waals surface area contributed by atoms with Gasteiger partial charge in [0.1, 0.15) is 11.9 Å². The van der Waals surface area contributed by atoms with E-state index >= 15 is 0 Å². The van der Waals surface area contributed by atoms with E-state index < -0.39 is 24.3 Å². The first-order chi connectivity index (χ1) is 22.8. The van der Waals surface area contributed by atoms with Crippen molar-refractivity contribution in [2.75, 3.05) is 23.7 Å². The molecule has 0 bridgehead atoms. The molecule has 2 saturated heterocycles. The van der Waals surface area contributed by atoms with Crippen molar-refractivity contribution in [1.82, 2.24) is 25.1 Å². The van der Waals surface area contributed by atoms with Gasteiger partial charge >= 0.3 is 12.1 Å². The van der Waals surface area contributed by atoms with Crippen molar-refractivity contribution in [1.29, 1.82) is 0 Å². The molecule has 2 aromatic heterocycles. The molecule has 2 fully saturated rings. The number of benzene rings is 2. The molecule has 1 spiro atoms. The maximum atomic E-state index is 14.9. The zero-order valence-electron chi connectivity index (χ0n) is 26.8. The molecule has 2 aliphatic heterocycles. The van der Waals surface area contributed by atoms with E-state index in [4.69, 9.17) is 22.1 Å². The van der Waals surface area contributed by atoms with Gasteiger partial charge in [-0.1, -0.05) is 42.8 Å². The SMILES string of the molecule is CCC1NC(C(=O)O)CC12CCN(c1cc(O[C@H](c3ccc(-c4ccc(C)c(Cl)c4)cc3-n3ccc(C)n3)C(F)(F)F)nc(N)n1)CC2. The van der Waals surface area contributed by atoms with Gasteiger partial charge in [-0.2, -0.15) is 28.2 Å². The molecule has 6 rings (SSSR count). The number of nitrogens with one attached hydrogen (secondary N) is 1. The maximum absolute atomic E-state index is 14.9.